The Hall–Kier alpha value is -1.75. The Labute approximate surface area is 89.9 Å². The molecule has 2 nitrogen and oxygen atoms in total. The Kier molecular flexibility index (Phi) is 4.43. The highest BCUT2D eigenvalue weighted by Crippen LogP contribution is 2.06. The van der Waals surface area contributed by atoms with E-state index in [1.165, 1.54) is 18.4 Å². The number of carboxylic acid groups (broad SMARTS) is 1. The number of aryl methyl sites for hydroxylation is 1. The summed E-state index contributed by atoms with van der Waals surface area (Å²) in [5.74, 6) is 3.58. The van der Waals surface area contributed by atoms with Crippen molar-refractivity contribution in [1.82, 2.24) is 0 Å². The molecule has 1 aromatic carbocycles. The third-order valence-electron chi connectivity index (χ3n) is 2.09. The fraction of sp³-hybridized carbons (Fsp3) is 0.308. The van der Waals surface area contributed by atoms with Crippen molar-refractivity contribution < 1.29 is 9.90 Å². The zero-order valence-electron chi connectivity index (χ0n) is 8.79. The third kappa shape index (κ3) is 4.33. The predicted octanol–water partition coefficient (Wildman–Crippen LogP) is 2.47. The van der Waals surface area contributed by atoms with E-state index in [-0.39, 0.29) is 0 Å². The minimum Gasteiger partial charge on any atom is -0.472 e. The Morgan fingerprint density at radius 3 is 2.53 bits per heavy atom. The van der Waals surface area contributed by atoms with Gasteiger partial charge in [0.05, 0.1) is 0 Å². The molecule has 0 aromatic heterocycles. The van der Waals surface area contributed by atoms with Gasteiger partial charge >= 0.3 is 5.97 Å². The van der Waals surface area contributed by atoms with E-state index in [2.05, 4.69) is 18.8 Å². The number of unbranched alkanes of at least 4 members (excludes halogenated alkanes) is 1. The summed E-state index contributed by atoms with van der Waals surface area (Å²) in [7, 11) is 0. The molecule has 0 unspecified atom stereocenters. The van der Waals surface area contributed by atoms with Gasteiger partial charge in [0.15, 0.2) is 0 Å². The molecule has 1 aromatic rings. The Morgan fingerprint density at radius 2 is 2.00 bits per heavy atom. The van der Waals surface area contributed by atoms with E-state index in [1.54, 1.807) is 0 Å². The van der Waals surface area contributed by atoms with Crippen molar-refractivity contribution in [2.24, 2.45) is 0 Å². The first-order valence-electron chi connectivity index (χ1n) is 5.06. The van der Waals surface area contributed by atoms with Crippen LogP contribution in [0, 0.1) is 11.8 Å². The van der Waals surface area contributed by atoms with Gasteiger partial charge < -0.3 is 5.11 Å². The molecule has 0 atom stereocenters. The topological polar surface area (TPSA) is 37.3 Å². The van der Waals surface area contributed by atoms with Crippen molar-refractivity contribution in [3.8, 4) is 11.8 Å². The standard InChI is InChI=1S/C13H14O2/c1-2-3-4-11-5-7-12(8-6-11)9-10-13(14)15/h5-8H,2-4H2,1H3,(H,14,15). The Balaban J connectivity index is 2.65. The van der Waals surface area contributed by atoms with Gasteiger partial charge in [-0.25, -0.2) is 4.79 Å². The second kappa shape index (κ2) is 5.87. The number of carbonyl (C=O) groups is 1. The number of aliphatic carboxylic acids is 1. The number of hydrogen-bond acceptors (Lipinski definition) is 1. The summed E-state index contributed by atoms with van der Waals surface area (Å²) >= 11 is 0. The van der Waals surface area contributed by atoms with Gasteiger partial charge in [0.1, 0.15) is 0 Å². The van der Waals surface area contributed by atoms with Crippen molar-refractivity contribution in [2.45, 2.75) is 26.2 Å². The molecule has 2 heteroatoms. The maximum Gasteiger partial charge on any atom is 0.382 e. The van der Waals surface area contributed by atoms with Crippen molar-refractivity contribution in [1.29, 1.82) is 0 Å². The summed E-state index contributed by atoms with van der Waals surface area (Å²) in [6, 6.07) is 7.73. The van der Waals surface area contributed by atoms with E-state index in [4.69, 9.17) is 5.11 Å². The van der Waals surface area contributed by atoms with Gasteiger partial charge in [0, 0.05) is 11.5 Å². The molecule has 0 saturated carbocycles. The van der Waals surface area contributed by atoms with Crippen LogP contribution in [-0.4, -0.2) is 11.1 Å². The Morgan fingerprint density at radius 1 is 1.33 bits per heavy atom. The minimum atomic E-state index is -1.09. The fourth-order valence-corrected chi connectivity index (χ4v) is 1.26. The van der Waals surface area contributed by atoms with E-state index in [0.717, 1.165) is 12.0 Å². The summed E-state index contributed by atoms with van der Waals surface area (Å²) in [6.45, 7) is 2.16. The van der Waals surface area contributed by atoms with Crippen LogP contribution in [0.5, 0.6) is 0 Å². The summed E-state index contributed by atoms with van der Waals surface area (Å²) in [5, 5.41) is 8.37. The van der Waals surface area contributed by atoms with Gasteiger partial charge in [-0.2, -0.15) is 0 Å². The van der Waals surface area contributed by atoms with E-state index in [9.17, 15) is 4.79 Å². The zero-order valence-corrected chi connectivity index (χ0v) is 8.79. The van der Waals surface area contributed by atoms with Gasteiger partial charge in [-0.3, -0.25) is 0 Å². The SMILES string of the molecule is CCCCc1ccc(C#CC(=O)O)cc1. The smallest absolute Gasteiger partial charge is 0.382 e. The molecule has 0 aliphatic carbocycles. The lowest BCUT2D eigenvalue weighted by Crippen LogP contribution is -1.88. The molecule has 1 N–H and O–H groups in total. The lowest BCUT2D eigenvalue weighted by molar-refractivity contribution is -0.130. The summed E-state index contributed by atoms with van der Waals surface area (Å²) in [4.78, 5) is 10.2. The van der Waals surface area contributed by atoms with E-state index < -0.39 is 5.97 Å². The van der Waals surface area contributed by atoms with Gasteiger partial charge in [-0.1, -0.05) is 31.4 Å². The molecule has 0 aliphatic heterocycles. The van der Waals surface area contributed by atoms with Crippen LogP contribution in [0.3, 0.4) is 0 Å². The Bertz CT molecular complexity index is 379. The summed E-state index contributed by atoms with van der Waals surface area (Å²) < 4.78 is 0. The number of benzene rings is 1. The van der Waals surface area contributed by atoms with Gasteiger partial charge in [0.2, 0.25) is 0 Å². The van der Waals surface area contributed by atoms with Crippen molar-refractivity contribution >= 4 is 5.97 Å². The van der Waals surface area contributed by atoms with Crippen molar-refractivity contribution in [3.05, 3.63) is 35.4 Å². The third-order valence-corrected chi connectivity index (χ3v) is 2.09. The highest BCUT2D eigenvalue weighted by atomic mass is 16.4. The molecule has 78 valence electrons. The fourth-order valence-electron chi connectivity index (χ4n) is 1.26. The highest BCUT2D eigenvalue weighted by Gasteiger charge is 1.92. The second-order valence-electron chi connectivity index (χ2n) is 3.36. The molecule has 15 heavy (non-hydrogen) atoms. The van der Waals surface area contributed by atoms with Crippen LogP contribution >= 0.6 is 0 Å². The first-order valence-corrected chi connectivity index (χ1v) is 5.06. The molecule has 0 fully saturated rings. The molecule has 0 radical (unpaired) electrons. The maximum atomic E-state index is 10.2. The average molecular weight is 202 g/mol. The predicted molar refractivity (Wildman–Crippen MR) is 59.6 cm³/mol. The van der Waals surface area contributed by atoms with Crippen molar-refractivity contribution in [2.75, 3.05) is 0 Å². The van der Waals surface area contributed by atoms with Gasteiger partial charge in [-0.05, 0) is 30.5 Å². The van der Waals surface area contributed by atoms with Gasteiger partial charge in [0.25, 0.3) is 0 Å². The molecule has 0 saturated heterocycles. The first kappa shape index (κ1) is 11.3. The van der Waals surface area contributed by atoms with Crippen LogP contribution < -0.4 is 0 Å². The molecular formula is C13H14O2. The molecule has 0 spiro atoms. The van der Waals surface area contributed by atoms with E-state index >= 15 is 0 Å². The van der Waals surface area contributed by atoms with Gasteiger partial charge in [-0.15, -0.1) is 0 Å². The normalized spacial score (nSPS) is 9.13. The molecule has 0 bridgehead atoms. The lowest BCUT2D eigenvalue weighted by atomic mass is 10.1. The molecule has 0 amide bonds. The van der Waals surface area contributed by atoms with Crippen LogP contribution in [0.1, 0.15) is 30.9 Å². The average Bonchev–Trinajstić information content (AvgIpc) is 2.25. The maximum absolute atomic E-state index is 10.2. The highest BCUT2D eigenvalue weighted by molar-refractivity contribution is 5.87. The van der Waals surface area contributed by atoms with Crippen LogP contribution in [0.15, 0.2) is 24.3 Å². The second-order valence-corrected chi connectivity index (χ2v) is 3.36. The summed E-state index contributed by atoms with van der Waals surface area (Å²) in [5.41, 5.74) is 2.02. The van der Waals surface area contributed by atoms with Crippen LogP contribution in [0.2, 0.25) is 0 Å². The van der Waals surface area contributed by atoms with Crippen LogP contribution in [0.25, 0.3) is 0 Å². The van der Waals surface area contributed by atoms with Crippen LogP contribution in [0.4, 0.5) is 0 Å². The zero-order chi connectivity index (χ0) is 11.1. The van der Waals surface area contributed by atoms with E-state index in [1.807, 2.05) is 24.3 Å². The van der Waals surface area contributed by atoms with Crippen molar-refractivity contribution in [3.63, 3.8) is 0 Å². The lowest BCUT2D eigenvalue weighted by Gasteiger charge is -1.98. The quantitative estimate of drug-likeness (QED) is 0.764. The first-order chi connectivity index (χ1) is 7.22. The monoisotopic (exact) mass is 202 g/mol. The number of carboxylic acids is 1. The molecule has 0 aliphatic rings. The van der Waals surface area contributed by atoms with Crippen LogP contribution in [-0.2, 0) is 11.2 Å². The molecular weight excluding hydrogens is 188 g/mol. The van der Waals surface area contributed by atoms with E-state index in [0.29, 0.717) is 0 Å². The minimum absolute atomic E-state index is 0.748. The number of rotatable bonds is 3. The molecule has 0 heterocycles. The summed E-state index contributed by atoms with van der Waals surface area (Å²) in [6.07, 6.45) is 3.43. The largest absolute Gasteiger partial charge is 0.472 e. The molecule has 1 rings (SSSR count). The number of hydrogen-bond donors (Lipinski definition) is 1.